The molecule has 0 aromatic rings. The Morgan fingerprint density at radius 1 is 1.53 bits per heavy atom. The molecule has 0 aromatic heterocycles. The number of carbonyl (C=O) groups excluding carboxylic acids is 1. The van der Waals surface area contributed by atoms with Crippen molar-refractivity contribution in [1.82, 2.24) is 0 Å². The molecule has 1 nitrogen and oxygen atoms in total. The van der Waals surface area contributed by atoms with E-state index in [9.17, 15) is 4.79 Å². The Kier molecular flexibility index (Phi) is 2.99. The fourth-order valence-electron chi connectivity index (χ4n) is 3.28. The molecule has 1 saturated carbocycles. The zero-order valence-corrected chi connectivity index (χ0v) is 9.96. The predicted octanol–water partition coefficient (Wildman–Crippen LogP) is 3.74. The van der Waals surface area contributed by atoms with Crippen LogP contribution < -0.4 is 0 Å². The van der Waals surface area contributed by atoms with Crippen molar-refractivity contribution in [3.63, 3.8) is 0 Å². The minimum Gasteiger partial charge on any atom is -0.299 e. The van der Waals surface area contributed by atoms with Gasteiger partial charge in [-0.1, -0.05) is 38.8 Å². The van der Waals surface area contributed by atoms with Crippen LogP contribution in [0.25, 0.3) is 0 Å². The van der Waals surface area contributed by atoms with E-state index in [0.29, 0.717) is 17.6 Å². The second-order valence-electron chi connectivity index (χ2n) is 5.36. The first kappa shape index (κ1) is 10.9. The van der Waals surface area contributed by atoms with Gasteiger partial charge >= 0.3 is 0 Å². The Hall–Kier alpha value is -0.590. The fraction of sp³-hybridized carbons (Fsp3) is 0.786. The average molecular weight is 206 g/mol. The molecule has 84 valence electrons. The summed E-state index contributed by atoms with van der Waals surface area (Å²) in [6.07, 6.45) is 11.2. The first-order chi connectivity index (χ1) is 7.19. The molecule has 2 bridgehead atoms. The molecule has 3 unspecified atom stereocenters. The Balaban J connectivity index is 2.26. The smallest absolute Gasteiger partial charge is 0.143 e. The van der Waals surface area contributed by atoms with E-state index in [1.807, 2.05) is 0 Å². The van der Waals surface area contributed by atoms with Crippen molar-refractivity contribution in [2.75, 3.05) is 0 Å². The van der Waals surface area contributed by atoms with Crippen molar-refractivity contribution in [2.24, 2.45) is 17.3 Å². The van der Waals surface area contributed by atoms with E-state index in [0.717, 1.165) is 19.3 Å². The molecule has 0 saturated heterocycles. The lowest BCUT2D eigenvalue weighted by molar-refractivity contribution is -0.128. The van der Waals surface area contributed by atoms with Crippen LogP contribution in [0.15, 0.2) is 12.2 Å². The van der Waals surface area contributed by atoms with E-state index in [-0.39, 0.29) is 5.41 Å². The van der Waals surface area contributed by atoms with Gasteiger partial charge < -0.3 is 0 Å². The molecule has 0 amide bonds. The number of Topliss-reactive ketones (excluding diaryl/α,β-unsaturated/α-hetero) is 1. The van der Waals surface area contributed by atoms with Gasteiger partial charge in [-0.25, -0.2) is 0 Å². The van der Waals surface area contributed by atoms with Crippen LogP contribution in [0.2, 0.25) is 0 Å². The second-order valence-corrected chi connectivity index (χ2v) is 5.36. The van der Waals surface area contributed by atoms with Crippen molar-refractivity contribution < 1.29 is 4.79 Å². The zero-order valence-electron chi connectivity index (χ0n) is 9.96. The van der Waals surface area contributed by atoms with Crippen LogP contribution in [0.5, 0.6) is 0 Å². The Bertz CT molecular complexity index is 279. The third kappa shape index (κ3) is 1.77. The molecule has 3 rings (SSSR count). The van der Waals surface area contributed by atoms with Crippen molar-refractivity contribution in [2.45, 2.75) is 52.4 Å². The lowest BCUT2D eigenvalue weighted by atomic mass is 9.66. The lowest BCUT2D eigenvalue weighted by Gasteiger charge is -2.37. The molecule has 0 spiro atoms. The minimum atomic E-state index is -0.0803. The van der Waals surface area contributed by atoms with E-state index in [1.54, 1.807) is 0 Å². The maximum atomic E-state index is 12.3. The summed E-state index contributed by atoms with van der Waals surface area (Å²) >= 11 is 0. The molecule has 3 aliphatic rings. The summed E-state index contributed by atoms with van der Waals surface area (Å²) in [6, 6.07) is 0. The van der Waals surface area contributed by atoms with Gasteiger partial charge in [0, 0.05) is 11.8 Å². The predicted molar refractivity (Wildman–Crippen MR) is 62.6 cm³/mol. The van der Waals surface area contributed by atoms with Gasteiger partial charge in [-0.15, -0.1) is 0 Å². The molecule has 1 fully saturated rings. The SMILES string of the molecule is CCCCC12C=CC(CCC1=O)CC2C. The summed E-state index contributed by atoms with van der Waals surface area (Å²) in [7, 11) is 0. The monoisotopic (exact) mass is 206 g/mol. The summed E-state index contributed by atoms with van der Waals surface area (Å²) in [4.78, 5) is 12.3. The molecule has 3 atom stereocenters. The lowest BCUT2D eigenvalue weighted by Crippen LogP contribution is -2.36. The van der Waals surface area contributed by atoms with Crippen LogP contribution in [-0.4, -0.2) is 5.78 Å². The van der Waals surface area contributed by atoms with Crippen LogP contribution in [-0.2, 0) is 4.79 Å². The summed E-state index contributed by atoms with van der Waals surface area (Å²) < 4.78 is 0. The topological polar surface area (TPSA) is 17.1 Å². The van der Waals surface area contributed by atoms with Crippen molar-refractivity contribution in [1.29, 1.82) is 0 Å². The number of allylic oxidation sites excluding steroid dienone is 2. The molecule has 0 radical (unpaired) electrons. The highest BCUT2D eigenvalue weighted by atomic mass is 16.1. The molecule has 1 heteroatoms. The number of unbranched alkanes of at least 4 members (excludes halogenated alkanes) is 1. The Morgan fingerprint density at radius 3 is 3.00 bits per heavy atom. The fourth-order valence-corrected chi connectivity index (χ4v) is 3.28. The standard InChI is InChI=1S/C14H22O/c1-3-4-8-14-9-7-12(10-11(14)2)5-6-13(14)15/h7,9,11-12H,3-6,8,10H2,1-2H3. The van der Waals surface area contributed by atoms with Gasteiger partial charge in [0.15, 0.2) is 0 Å². The molecular formula is C14H22O. The summed E-state index contributed by atoms with van der Waals surface area (Å²) in [5.41, 5.74) is -0.0803. The Labute approximate surface area is 92.9 Å². The first-order valence-corrected chi connectivity index (χ1v) is 6.41. The number of hydrogen-bond acceptors (Lipinski definition) is 1. The van der Waals surface area contributed by atoms with Crippen LogP contribution in [0.3, 0.4) is 0 Å². The van der Waals surface area contributed by atoms with Gasteiger partial charge in [0.05, 0.1) is 0 Å². The van der Waals surface area contributed by atoms with Gasteiger partial charge in [-0.2, -0.15) is 0 Å². The zero-order chi connectivity index (χ0) is 10.9. The largest absolute Gasteiger partial charge is 0.299 e. The highest BCUT2D eigenvalue weighted by molar-refractivity contribution is 5.88. The highest BCUT2D eigenvalue weighted by Gasteiger charge is 2.45. The maximum Gasteiger partial charge on any atom is 0.143 e. The van der Waals surface area contributed by atoms with Gasteiger partial charge in [-0.05, 0) is 31.1 Å². The van der Waals surface area contributed by atoms with Gasteiger partial charge in [0.25, 0.3) is 0 Å². The van der Waals surface area contributed by atoms with E-state index in [2.05, 4.69) is 26.0 Å². The van der Waals surface area contributed by atoms with E-state index >= 15 is 0 Å². The average Bonchev–Trinajstić information content (AvgIpc) is 2.45. The summed E-state index contributed by atoms with van der Waals surface area (Å²) in [6.45, 7) is 4.48. The van der Waals surface area contributed by atoms with Crippen LogP contribution in [0, 0.1) is 17.3 Å². The Morgan fingerprint density at radius 2 is 2.33 bits per heavy atom. The number of fused-ring (bicyclic) bond motifs is 3. The van der Waals surface area contributed by atoms with Gasteiger partial charge in [-0.3, -0.25) is 4.79 Å². The van der Waals surface area contributed by atoms with E-state index in [1.165, 1.54) is 19.3 Å². The third-order valence-electron chi connectivity index (χ3n) is 4.41. The van der Waals surface area contributed by atoms with E-state index < -0.39 is 0 Å². The number of hydrogen-bond donors (Lipinski definition) is 0. The van der Waals surface area contributed by atoms with Gasteiger partial charge in [0.1, 0.15) is 5.78 Å². The molecule has 3 aliphatic carbocycles. The van der Waals surface area contributed by atoms with Crippen molar-refractivity contribution in [3.8, 4) is 0 Å². The van der Waals surface area contributed by atoms with Crippen LogP contribution in [0.4, 0.5) is 0 Å². The normalized spacial score (nSPS) is 39.5. The van der Waals surface area contributed by atoms with Crippen molar-refractivity contribution in [3.05, 3.63) is 12.2 Å². The van der Waals surface area contributed by atoms with Crippen LogP contribution >= 0.6 is 0 Å². The maximum absolute atomic E-state index is 12.3. The molecule has 15 heavy (non-hydrogen) atoms. The van der Waals surface area contributed by atoms with E-state index in [4.69, 9.17) is 0 Å². The molecule has 0 aromatic carbocycles. The molecule has 0 aliphatic heterocycles. The van der Waals surface area contributed by atoms with Crippen LogP contribution in [0.1, 0.15) is 52.4 Å². The number of ketones is 1. The highest BCUT2D eigenvalue weighted by Crippen LogP contribution is 2.48. The molecule has 0 N–H and O–H groups in total. The second kappa shape index (κ2) is 4.11. The number of rotatable bonds is 3. The van der Waals surface area contributed by atoms with Gasteiger partial charge in [0.2, 0.25) is 0 Å². The first-order valence-electron chi connectivity index (χ1n) is 6.41. The van der Waals surface area contributed by atoms with Crippen molar-refractivity contribution >= 4 is 5.78 Å². The minimum absolute atomic E-state index is 0.0803. The quantitative estimate of drug-likeness (QED) is 0.643. The number of carbonyl (C=O) groups is 1. The summed E-state index contributed by atoms with van der Waals surface area (Å²) in [5, 5.41) is 0. The summed E-state index contributed by atoms with van der Waals surface area (Å²) in [5.74, 6) is 1.76. The molecule has 0 heterocycles. The molecular weight excluding hydrogens is 184 g/mol. The third-order valence-corrected chi connectivity index (χ3v) is 4.41.